The highest BCUT2D eigenvalue weighted by atomic mass is 19.1. The summed E-state index contributed by atoms with van der Waals surface area (Å²) in [4.78, 5) is 0. The van der Waals surface area contributed by atoms with Crippen LogP contribution >= 0.6 is 0 Å². The molecule has 2 aromatic rings. The molecule has 0 saturated heterocycles. The quantitative estimate of drug-likeness (QED) is 0.584. The first-order valence-corrected chi connectivity index (χ1v) is 5.32. The van der Waals surface area contributed by atoms with Crippen molar-refractivity contribution in [1.29, 1.82) is 0 Å². The molecule has 7 heteroatoms. The lowest BCUT2D eigenvalue weighted by Crippen LogP contribution is -2.39. The van der Waals surface area contributed by atoms with Crippen molar-refractivity contribution < 1.29 is 26.9 Å². The predicted octanol–water partition coefficient (Wildman–Crippen LogP) is 2.41. The van der Waals surface area contributed by atoms with E-state index in [0.29, 0.717) is 6.07 Å². The molecule has 0 unspecified atom stereocenters. The Balaban J connectivity index is 1.99. The SMILES string of the molecule is Fc1cc(F)cc(B2Oc3c(F)ccc(F)c3O2)c1. The molecule has 0 amide bonds. The first-order valence-electron chi connectivity index (χ1n) is 5.32. The lowest BCUT2D eigenvalue weighted by molar-refractivity contribution is 0.489. The summed E-state index contributed by atoms with van der Waals surface area (Å²) in [7, 11) is -1.29. The van der Waals surface area contributed by atoms with Gasteiger partial charge in [0.25, 0.3) is 0 Å². The fraction of sp³-hybridized carbons (Fsp3) is 0. The monoisotopic (exact) mass is 268 g/mol. The van der Waals surface area contributed by atoms with Gasteiger partial charge in [-0.25, -0.2) is 17.6 Å². The van der Waals surface area contributed by atoms with E-state index >= 15 is 0 Å². The minimum Gasteiger partial charge on any atom is -0.517 e. The fourth-order valence-electron chi connectivity index (χ4n) is 1.82. The fourth-order valence-corrected chi connectivity index (χ4v) is 1.82. The Hall–Kier alpha value is -2.18. The number of benzene rings is 2. The van der Waals surface area contributed by atoms with Crippen molar-refractivity contribution in [2.24, 2.45) is 0 Å². The van der Waals surface area contributed by atoms with Crippen LogP contribution in [0.15, 0.2) is 30.3 Å². The van der Waals surface area contributed by atoms with E-state index in [1.54, 1.807) is 0 Å². The smallest absolute Gasteiger partial charge is 0.517 e. The zero-order valence-electron chi connectivity index (χ0n) is 9.29. The molecule has 0 aromatic heterocycles. The van der Waals surface area contributed by atoms with Gasteiger partial charge in [-0.3, -0.25) is 0 Å². The van der Waals surface area contributed by atoms with Gasteiger partial charge in [-0.05, 0) is 24.3 Å². The van der Waals surface area contributed by atoms with Crippen molar-refractivity contribution in [1.82, 2.24) is 0 Å². The first-order chi connectivity index (χ1) is 9.04. The second kappa shape index (κ2) is 4.19. The number of hydrogen-bond acceptors (Lipinski definition) is 2. The van der Waals surface area contributed by atoms with Crippen LogP contribution in [0.5, 0.6) is 11.5 Å². The van der Waals surface area contributed by atoms with Crippen molar-refractivity contribution in [2.75, 3.05) is 0 Å². The zero-order chi connectivity index (χ0) is 13.6. The summed E-state index contributed by atoms with van der Waals surface area (Å²) in [5, 5.41) is 0. The lowest BCUT2D eigenvalue weighted by atomic mass is 9.79. The molecule has 1 aliphatic heterocycles. The maximum atomic E-state index is 13.4. The summed E-state index contributed by atoms with van der Waals surface area (Å²) < 4.78 is 63.0. The van der Waals surface area contributed by atoms with Crippen LogP contribution in [0.3, 0.4) is 0 Å². The molecule has 1 heterocycles. The zero-order valence-corrected chi connectivity index (χ0v) is 9.29. The van der Waals surface area contributed by atoms with Crippen molar-refractivity contribution >= 4 is 12.6 Å². The van der Waals surface area contributed by atoms with Gasteiger partial charge < -0.3 is 9.31 Å². The van der Waals surface area contributed by atoms with Crippen LogP contribution in [0.25, 0.3) is 0 Å². The highest BCUT2D eigenvalue weighted by molar-refractivity contribution is 6.63. The van der Waals surface area contributed by atoms with E-state index in [1.165, 1.54) is 0 Å². The van der Waals surface area contributed by atoms with E-state index in [4.69, 9.17) is 9.31 Å². The van der Waals surface area contributed by atoms with Crippen molar-refractivity contribution in [3.63, 3.8) is 0 Å². The molecule has 0 atom stereocenters. The summed E-state index contributed by atoms with van der Waals surface area (Å²) in [5.41, 5.74) is -0.00694. The van der Waals surface area contributed by atoms with E-state index in [-0.39, 0.29) is 5.46 Å². The van der Waals surface area contributed by atoms with Gasteiger partial charge in [0.05, 0.1) is 0 Å². The van der Waals surface area contributed by atoms with Crippen LogP contribution < -0.4 is 14.8 Å². The van der Waals surface area contributed by atoms with Gasteiger partial charge in [-0.2, -0.15) is 0 Å². The minimum atomic E-state index is -1.29. The number of hydrogen-bond donors (Lipinski definition) is 0. The van der Waals surface area contributed by atoms with E-state index in [9.17, 15) is 17.6 Å². The molecule has 0 N–H and O–H groups in total. The van der Waals surface area contributed by atoms with Crippen LogP contribution in [0.1, 0.15) is 0 Å². The van der Waals surface area contributed by atoms with Gasteiger partial charge in [0.2, 0.25) is 0 Å². The Morgan fingerprint density at radius 3 is 1.68 bits per heavy atom. The third-order valence-corrected chi connectivity index (χ3v) is 2.62. The second-order valence-corrected chi connectivity index (χ2v) is 3.96. The summed E-state index contributed by atoms with van der Waals surface area (Å²) in [5.74, 6) is -4.10. The number of halogens is 4. The van der Waals surface area contributed by atoms with Crippen molar-refractivity contribution in [3.8, 4) is 11.5 Å². The second-order valence-electron chi connectivity index (χ2n) is 3.96. The average molecular weight is 268 g/mol. The van der Waals surface area contributed by atoms with E-state index in [0.717, 1.165) is 24.3 Å². The molecule has 0 saturated carbocycles. The summed E-state index contributed by atoms with van der Waals surface area (Å²) in [6, 6.07) is 4.37. The molecular weight excluding hydrogens is 263 g/mol. The number of rotatable bonds is 1. The third kappa shape index (κ3) is 2.01. The normalized spacial score (nSPS) is 12.9. The van der Waals surface area contributed by atoms with Crippen LogP contribution in [0.2, 0.25) is 0 Å². The summed E-state index contributed by atoms with van der Waals surface area (Å²) in [6.07, 6.45) is 0. The Morgan fingerprint density at radius 2 is 1.21 bits per heavy atom. The largest absolute Gasteiger partial charge is 0.633 e. The van der Waals surface area contributed by atoms with Gasteiger partial charge >= 0.3 is 7.12 Å². The van der Waals surface area contributed by atoms with E-state index in [1.807, 2.05) is 0 Å². The highest BCUT2D eigenvalue weighted by Crippen LogP contribution is 2.38. The van der Waals surface area contributed by atoms with E-state index in [2.05, 4.69) is 0 Å². The van der Waals surface area contributed by atoms with Gasteiger partial charge in [-0.1, -0.05) is 0 Å². The number of fused-ring (bicyclic) bond motifs is 1. The van der Waals surface area contributed by atoms with Crippen molar-refractivity contribution in [3.05, 3.63) is 53.6 Å². The maximum Gasteiger partial charge on any atom is 0.633 e. The van der Waals surface area contributed by atoms with Gasteiger partial charge in [0.1, 0.15) is 11.6 Å². The molecule has 0 radical (unpaired) electrons. The Morgan fingerprint density at radius 1 is 0.737 bits per heavy atom. The molecule has 2 aromatic carbocycles. The molecule has 0 bridgehead atoms. The lowest BCUT2D eigenvalue weighted by Gasteiger charge is -2.05. The molecule has 0 spiro atoms. The molecule has 0 aliphatic carbocycles. The third-order valence-electron chi connectivity index (χ3n) is 2.62. The van der Waals surface area contributed by atoms with Crippen molar-refractivity contribution in [2.45, 2.75) is 0 Å². The molecular formula is C12H5BF4O2. The molecule has 0 fully saturated rings. The Labute approximate surface area is 105 Å². The van der Waals surface area contributed by atoms with Crippen LogP contribution in [0.4, 0.5) is 17.6 Å². The van der Waals surface area contributed by atoms with Gasteiger partial charge in [0, 0.05) is 11.5 Å². The minimum absolute atomic E-state index is 0.00694. The standard InChI is InChI=1S/C12H5BF4O2/c14-7-3-6(4-8(15)5-7)13-18-11-9(16)1-2-10(17)12(11)19-13/h1-5H. The molecule has 2 nitrogen and oxygen atoms in total. The van der Waals surface area contributed by atoms with Gasteiger partial charge in [0.15, 0.2) is 23.1 Å². The molecule has 19 heavy (non-hydrogen) atoms. The van der Waals surface area contributed by atoms with Crippen LogP contribution in [0, 0.1) is 23.3 Å². The molecule has 96 valence electrons. The van der Waals surface area contributed by atoms with Gasteiger partial charge in [-0.15, -0.1) is 0 Å². The average Bonchev–Trinajstić information content (AvgIpc) is 2.79. The Kier molecular flexibility index (Phi) is 2.62. The van der Waals surface area contributed by atoms with E-state index < -0.39 is 41.9 Å². The topological polar surface area (TPSA) is 18.5 Å². The summed E-state index contributed by atoms with van der Waals surface area (Å²) >= 11 is 0. The van der Waals surface area contributed by atoms with Crippen LogP contribution in [-0.2, 0) is 0 Å². The van der Waals surface area contributed by atoms with Crippen LogP contribution in [-0.4, -0.2) is 7.12 Å². The first kappa shape index (κ1) is 11.9. The molecule has 3 rings (SSSR count). The highest BCUT2D eigenvalue weighted by Gasteiger charge is 2.38. The maximum absolute atomic E-state index is 13.4. The summed E-state index contributed by atoms with van der Waals surface area (Å²) in [6.45, 7) is 0. The predicted molar refractivity (Wildman–Crippen MR) is 59.4 cm³/mol. The Bertz CT molecular complexity index is 611. The molecule has 1 aliphatic rings.